The number of hydrogen-bond donors (Lipinski definition) is 1. The Morgan fingerprint density at radius 1 is 1.33 bits per heavy atom. The Hall–Kier alpha value is -0.790. The number of rotatable bonds is 1. The highest BCUT2D eigenvalue weighted by atomic mass is 14.9. The molecule has 0 bridgehead atoms. The van der Waals surface area contributed by atoms with Gasteiger partial charge in [-0.05, 0) is 12.8 Å². The summed E-state index contributed by atoms with van der Waals surface area (Å²) in [6.07, 6.45) is 10.5. The molecule has 1 aromatic heterocycles. The molecule has 0 aromatic carbocycles. The SMILES string of the molecule is CC1(c2ncc[nH]2)CCCCC1. The van der Waals surface area contributed by atoms with E-state index in [1.807, 2.05) is 12.4 Å². The summed E-state index contributed by atoms with van der Waals surface area (Å²) < 4.78 is 0. The molecular formula is C10H16N2. The lowest BCUT2D eigenvalue weighted by Gasteiger charge is -2.31. The smallest absolute Gasteiger partial charge is 0.111 e. The predicted molar refractivity (Wildman–Crippen MR) is 49.0 cm³/mol. The van der Waals surface area contributed by atoms with Gasteiger partial charge in [0.25, 0.3) is 0 Å². The molecule has 12 heavy (non-hydrogen) atoms. The van der Waals surface area contributed by atoms with Crippen molar-refractivity contribution in [3.05, 3.63) is 18.2 Å². The largest absolute Gasteiger partial charge is 0.348 e. The summed E-state index contributed by atoms with van der Waals surface area (Å²) in [5.74, 6) is 1.18. The molecule has 2 heteroatoms. The second kappa shape index (κ2) is 2.92. The molecule has 2 rings (SSSR count). The fourth-order valence-electron chi connectivity index (χ4n) is 2.16. The molecule has 1 aromatic rings. The van der Waals surface area contributed by atoms with Crippen molar-refractivity contribution in [1.82, 2.24) is 9.97 Å². The Morgan fingerprint density at radius 3 is 2.67 bits per heavy atom. The van der Waals surface area contributed by atoms with E-state index in [4.69, 9.17) is 0 Å². The van der Waals surface area contributed by atoms with Gasteiger partial charge in [0.05, 0.1) is 0 Å². The molecule has 1 aliphatic rings. The van der Waals surface area contributed by atoms with Gasteiger partial charge >= 0.3 is 0 Å². The first-order valence-corrected chi connectivity index (χ1v) is 4.81. The van der Waals surface area contributed by atoms with Gasteiger partial charge in [0, 0.05) is 17.8 Å². The number of aromatic nitrogens is 2. The summed E-state index contributed by atoms with van der Waals surface area (Å²) in [6.45, 7) is 2.32. The summed E-state index contributed by atoms with van der Waals surface area (Å²) in [7, 11) is 0. The van der Waals surface area contributed by atoms with Crippen molar-refractivity contribution in [3.8, 4) is 0 Å². The number of nitrogens with zero attached hydrogens (tertiary/aromatic N) is 1. The van der Waals surface area contributed by atoms with E-state index in [1.165, 1.54) is 37.9 Å². The molecule has 1 aliphatic carbocycles. The van der Waals surface area contributed by atoms with E-state index >= 15 is 0 Å². The molecule has 0 unspecified atom stereocenters. The van der Waals surface area contributed by atoms with Crippen molar-refractivity contribution in [1.29, 1.82) is 0 Å². The van der Waals surface area contributed by atoms with E-state index in [1.54, 1.807) is 0 Å². The molecule has 0 amide bonds. The Balaban J connectivity index is 2.19. The van der Waals surface area contributed by atoms with E-state index < -0.39 is 0 Å². The van der Waals surface area contributed by atoms with Gasteiger partial charge < -0.3 is 4.98 Å². The Kier molecular flexibility index (Phi) is 1.91. The highest BCUT2D eigenvalue weighted by Crippen LogP contribution is 2.36. The van der Waals surface area contributed by atoms with E-state index in [-0.39, 0.29) is 0 Å². The van der Waals surface area contributed by atoms with Gasteiger partial charge in [-0.15, -0.1) is 0 Å². The van der Waals surface area contributed by atoms with Crippen LogP contribution in [0.4, 0.5) is 0 Å². The maximum Gasteiger partial charge on any atom is 0.111 e. The van der Waals surface area contributed by atoms with Crippen LogP contribution >= 0.6 is 0 Å². The standard InChI is InChI=1S/C10H16N2/c1-10(5-3-2-4-6-10)9-11-7-8-12-9/h7-8H,2-6H2,1H3,(H,11,12). The number of imidazole rings is 1. The van der Waals surface area contributed by atoms with Crippen molar-refractivity contribution in [2.75, 3.05) is 0 Å². The number of aromatic amines is 1. The van der Waals surface area contributed by atoms with Crippen LogP contribution in [0.1, 0.15) is 44.9 Å². The van der Waals surface area contributed by atoms with Crippen molar-refractivity contribution < 1.29 is 0 Å². The van der Waals surface area contributed by atoms with Crippen LogP contribution in [0.2, 0.25) is 0 Å². The van der Waals surface area contributed by atoms with Crippen LogP contribution in [0.3, 0.4) is 0 Å². The summed E-state index contributed by atoms with van der Waals surface area (Å²) in [5.41, 5.74) is 0.335. The van der Waals surface area contributed by atoms with Crippen LogP contribution in [0.25, 0.3) is 0 Å². The third kappa shape index (κ3) is 1.26. The minimum atomic E-state index is 0.335. The van der Waals surface area contributed by atoms with Gasteiger partial charge in [-0.25, -0.2) is 4.98 Å². The maximum atomic E-state index is 4.36. The minimum absolute atomic E-state index is 0.335. The van der Waals surface area contributed by atoms with Gasteiger partial charge in [-0.3, -0.25) is 0 Å². The molecule has 0 spiro atoms. The third-order valence-corrected chi connectivity index (χ3v) is 3.03. The fraction of sp³-hybridized carbons (Fsp3) is 0.700. The molecule has 0 saturated heterocycles. The van der Waals surface area contributed by atoms with E-state index in [9.17, 15) is 0 Å². The van der Waals surface area contributed by atoms with Crippen LogP contribution in [0.5, 0.6) is 0 Å². The molecule has 2 nitrogen and oxygen atoms in total. The lowest BCUT2D eigenvalue weighted by molar-refractivity contribution is 0.306. The zero-order chi connectivity index (χ0) is 8.44. The summed E-state index contributed by atoms with van der Waals surface area (Å²) in [6, 6.07) is 0. The number of H-pyrrole nitrogens is 1. The molecule has 0 atom stereocenters. The van der Waals surface area contributed by atoms with Gasteiger partial charge in [0.2, 0.25) is 0 Å². The molecule has 1 heterocycles. The maximum absolute atomic E-state index is 4.36. The van der Waals surface area contributed by atoms with Crippen LogP contribution in [0, 0.1) is 0 Å². The summed E-state index contributed by atoms with van der Waals surface area (Å²) >= 11 is 0. The average molecular weight is 164 g/mol. The molecule has 1 fully saturated rings. The van der Waals surface area contributed by atoms with Crippen LogP contribution in [-0.4, -0.2) is 9.97 Å². The van der Waals surface area contributed by atoms with E-state index in [2.05, 4.69) is 16.9 Å². The van der Waals surface area contributed by atoms with Gasteiger partial charge in [-0.2, -0.15) is 0 Å². The quantitative estimate of drug-likeness (QED) is 0.679. The molecular weight excluding hydrogens is 148 g/mol. The Morgan fingerprint density at radius 2 is 2.08 bits per heavy atom. The lowest BCUT2D eigenvalue weighted by Crippen LogP contribution is -2.26. The van der Waals surface area contributed by atoms with Crippen molar-refractivity contribution in [2.45, 2.75) is 44.4 Å². The minimum Gasteiger partial charge on any atom is -0.348 e. The first kappa shape index (κ1) is 7.84. The van der Waals surface area contributed by atoms with Gasteiger partial charge in [-0.1, -0.05) is 26.2 Å². The number of nitrogens with one attached hydrogen (secondary N) is 1. The van der Waals surface area contributed by atoms with Crippen LogP contribution < -0.4 is 0 Å². The monoisotopic (exact) mass is 164 g/mol. The number of hydrogen-bond acceptors (Lipinski definition) is 1. The first-order valence-electron chi connectivity index (χ1n) is 4.81. The summed E-state index contributed by atoms with van der Waals surface area (Å²) in [4.78, 5) is 7.59. The third-order valence-electron chi connectivity index (χ3n) is 3.03. The molecule has 66 valence electrons. The highest BCUT2D eigenvalue weighted by Gasteiger charge is 2.30. The molecule has 0 aliphatic heterocycles. The van der Waals surface area contributed by atoms with Crippen molar-refractivity contribution in [3.63, 3.8) is 0 Å². The van der Waals surface area contributed by atoms with E-state index in [0.29, 0.717) is 5.41 Å². The zero-order valence-electron chi connectivity index (χ0n) is 7.64. The van der Waals surface area contributed by atoms with Crippen LogP contribution in [-0.2, 0) is 5.41 Å². The predicted octanol–water partition coefficient (Wildman–Crippen LogP) is 2.63. The van der Waals surface area contributed by atoms with Gasteiger partial charge in [0.15, 0.2) is 0 Å². The second-order valence-electron chi connectivity index (χ2n) is 4.06. The normalized spacial score (nSPS) is 22.4. The second-order valence-corrected chi connectivity index (χ2v) is 4.06. The first-order chi connectivity index (χ1) is 5.81. The molecule has 0 radical (unpaired) electrons. The molecule has 1 saturated carbocycles. The molecule has 1 N–H and O–H groups in total. The zero-order valence-corrected chi connectivity index (χ0v) is 7.64. The van der Waals surface area contributed by atoms with Crippen molar-refractivity contribution >= 4 is 0 Å². The van der Waals surface area contributed by atoms with Crippen molar-refractivity contribution in [2.24, 2.45) is 0 Å². The van der Waals surface area contributed by atoms with Crippen LogP contribution in [0.15, 0.2) is 12.4 Å². The lowest BCUT2D eigenvalue weighted by atomic mass is 9.75. The van der Waals surface area contributed by atoms with E-state index in [0.717, 1.165) is 0 Å². The highest BCUT2D eigenvalue weighted by molar-refractivity contribution is 5.07. The Bertz CT molecular complexity index is 232. The topological polar surface area (TPSA) is 28.7 Å². The Labute approximate surface area is 73.4 Å². The average Bonchev–Trinajstić information content (AvgIpc) is 2.58. The summed E-state index contributed by atoms with van der Waals surface area (Å²) in [5, 5.41) is 0. The van der Waals surface area contributed by atoms with Gasteiger partial charge in [0.1, 0.15) is 5.82 Å². The fourth-order valence-corrected chi connectivity index (χ4v) is 2.16.